The Morgan fingerprint density at radius 2 is 1.29 bits per heavy atom. The number of benzene rings is 8. The molecule has 5 aliphatic carbocycles. The fourth-order valence-electron chi connectivity index (χ4n) is 14.3. The molecule has 0 N–H and O–H groups in total. The molecule has 5 heteroatoms. The van der Waals surface area contributed by atoms with Gasteiger partial charge >= 0.3 is 0 Å². The molecule has 5 unspecified atom stereocenters. The van der Waals surface area contributed by atoms with Crippen LogP contribution < -0.4 is 31.1 Å². The third-order valence-electron chi connectivity index (χ3n) is 16.6. The number of allylic oxidation sites excluding steroid dienone is 2. The van der Waals surface area contributed by atoms with Crippen LogP contribution in [-0.2, 0) is 5.41 Å². The standard InChI is InChI=1S/C58H41BFN3/c1-35-14-8-12-22-48(35)61(41-26-24-38(60)25-27-41)42-28-29-47-50(33-42)62(39-15-4-2-5-16-39)51-34-44-43-19-9-10-20-45(43)58(52-31-36-30-37-32-53(58)57(36,37)52)54(44)56-55(51)59(47)46-21-11-13-23-49(46)63(56)40-17-6-3-7-18-40/h2-29,31,33-34,36-37,53H,30,32H2,1H3. The first-order valence-corrected chi connectivity index (χ1v) is 22.7. The van der Waals surface area contributed by atoms with Gasteiger partial charge in [0.05, 0.1) is 0 Å². The number of hydrogen-bond donors (Lipinski definition) is 0. The maximum Gasteiger partial charge on any atom is 0.252 e. The molecule has 8 aromatic rings. The van der Waals surface area contributed by atoms with E-state index in [0.29, 0.717) is 11.3 Å². The van der Waals surface area contributed by atoms with Gasteiger partial charge in [-0.1, -0.05) is 115 Å². The monoisotopic (exact) mass is 809 g/mol. The minimum Gasteiger partial charge on any atom is -0.311 e. The SMILES string of the molecule is Cc1ccccc1N(c1ccc(F)cc1)c1ccc2c(c1)N(c1ccccc1)c1cc3c(c4c1B2c1ccccc1N4c1ccccc1)C1(C2=CC4CC5CC1C245)c1ccccc1-3. The summed E-state index contributed by atoms with van der Waals surface area (Å²) in [6, 6.07) is 65.8. The van der Waals surface area contributed by atoms with Crippen LogP contribution in [0.3, 0.4) is 0 Å². The summed E-state index contributed by atoms with van der Waals surface area (Å²) in [4.78, 5) is 7.48. The first-order valence-electron chi connectivity index (χ1n) is 22.7. The summed E-state index contributed by atoms with van der Waals surface area (Å²) < 4.78 is 14.6. The van der Waals surface area contributed by atoms with Crippen LogP contribution in [0.5, 0.6) is 0 Å². The van der Waals surface area contributed by atoms with E-state index in [-0.39, 0.29) is 17.9 Å². The highest BCUT2D eigenvalue weighted by Crippen LogP contribution is 2.93. The molecule has 0 radical (unpaired) electrons. The maximum atomic E-state index is 14.6. The number of halogens is 1. The zero-order valence-corrected chi connectivity index (χ0v) is 34.8. The molecule has 3 fully saturated rings. The molecule has 8 aromatic carbocycles. The van der Waals surface area contributed by atoms with Crippen molar-refractivity contribution >= 4 is 74.3 Å². The van der Waals surface area contributed by atoms with E-state index in [0.717, 1.165) is 45.8 Å². The van der Waals surface area contributed by atoms with Gasteiger partial charge in [-0.05, 0) is 161 Å². The van der Waals surface area contributed by atoms with Crippen molar-refractivity contribution in [3.63, 3.8) is 0 Å². The van der Waals surface area contributed by atoms with Crippen molar-refractivity contribution in [2.45, 2.75) is 25.2 Å². The molecule has 0 aromatic heterocycles. The fraction of sp³-hybridized carbons (Fsp3) is 0.138. The zero-order valence-electron chi connectivity index (χ0n) is 34.8. The summed E-state index contributed by atoms with van der Waals surface area (Å²) in [6.07, 6.45) is 5.40. The van der Waals surface area contributed by atoms with Gasteiger partial charge in [0.25, 0.3) is 6.71 Å². The number of rotatable bonds is 5. The highest BCUT2D eigenvalue weighted by Gasteiger charge is 2.87. The molecule has 3 saturated carbocycles. The van der Waals surface area contributed by atoms with E-state index in [1.807, 2.05) is 12.1 Å². The second-order valence-electron chi connectivity index (χ2n) is 19.0. The smallest absolute Gasteiger partial charge is 0.252 e. The van der Waals surface area contributed by atoms with Crippen molar-refractivity contribution in [2.24, 2.45) is 23.2 Å². The minimum atomic E-state index is -0.247. The summed E-state index contributed by atoms with van der Waals surface area (Å²) in [6.45, 7) is 2.13. The predicted octanol–water partition coefficient (Wildman–Crippen LogP) is 12.5. The van der Waals surface area contributed by atoms with Gasteiger partial charge in [-0.3, -0.25) is 0 Å². The average Bonchev–Trinajstić information content (AvgIpc) is 3.60. The first-order chi connectivity index (χ1) is 31.1. The van der Waals surface area contributed by atoms with E-state index in [4.69, 9.17) is 0 Å². The highest BCUT2D eigenvalue weighted by atomic mass is 19.1. The molecule has 7 aliphatic rings. The average molecular weight is 810 g/mol. The Hall–Kier alpha value is -7.11. The Bertz CT molecular complexity index is 3330. The van der Waals surface area contributed by atoms with E-state index < -0.39 is 0 Å². The van der Waals surface area contributed by atoms with Crippen molar-refractivity contribution in [1.29, 1.82) is 0 Å². The Labute approximate surface area is 367 Å². The lowest BCUT2D eigenvalue weighted by Gasteiger charge is -2.87. The summed E-state index contributed by atoms with van der Waals surface area (Å²) >= 11 is 0. The van der Waals surface area contributed by atoms with Crippen LogP contribution in [-0.4, -0.2) is 6.71 Å². The van der Waals surface area contributed by atoms with Crippen LogP contribution in [0.1, 0.15) is 29.5 Å². The summed E-state index contributed by atoms with van der Waals surface area (Å²) in [5.41, 5.74) is 23.2. The summed E-state index contributed by atoms with van der Waals surface area (Å²) in [7, 11) is 0. The molecule has 0 saturated heterocycles. The van der Waals surface area contributed by atoms with E-state index >= 15 is 0 Å². The second-order valence-corrected chi connectivity index (χ2v) is 19.0. The topological polar surface area (TPSA) is 9.72 Å². The van der Waals surface area contributed by atoms with Gasteiger partial charge in [0.2, 0.25) is 0 Å². The van der Waals surface area contributed by atoms with E-state index in [2.05, 4.69) is 185 Å². The number of anilines is 9. The highest BCUT2D eigenvalue weighted by molar-refractivity contribution is 7.00. The van der Waals surface area contributed by atoms with E-state index in [9.17, 15) is 4.39 Å². The lowest BCUT2D eigenvalue weighted by Crippen LogP contribution is -2.83. The van der Waals surface area contributed by atoms with Crippen molar-refractivity contribution in [3.8, 4) is 11.1 Å². The van der Waals surface area contributed by atoms with Crippen LogP contribution in [0, 0.1) is 35.9 Å². The van der Waals surface area contributed by atoms with E-state index in [1.54, 1.807) is 17.7 Å². The number of fused-ring (bicyclic) bond motifs is 12. The number of hydrogen-bond acceptors (Lipinski definition) is 3. The fourth-order valence-corrected chi connectivity index (χ4v) is 14.3. The molecule has 3 nitrogen and oxygen atoms in total. The Balaban J connectivity index is 1.06. The summed E-state index contributed by atoms with van der Waals surface area (Å²) in [5, 5.41) is 0. The van der Waals surface area contributed by atoms with Crippen molar-refractivity contribution in [2.75, 3.05) is 14.7 Å². The molecule has 5 atom stereocenters. The van der Waals surface area contributed by atoms with Gasteiger partial charge in [-0.15, -0.1) is 0 Å². The van der Waals surface area contributed by atoms with Gasteiger partial charge in [-0.2, -0.15) is 0 Å². The third-order valence-corrected chi connectivity index (χ3v) is 16.6. The molecule has 63 heavy (non-hydrogen) atoms. The molecule has 2 heterocycles. The molecule has 298 valence electrons. The van der Waals surface area contributed by atoms with Gasteiger partial charge in [-0.25, -0.2) is 4.39 Å². The van der Waals surface area contributed by atoms with Gasteiger partial charge in [0, 0.05) is 62.0 Å². The van der Waals surface area contributed by atoms with Crippen LogP contribution in [0.4, 0.5) is 55.6 Å². The number of para-hydroxylation sites is 4. The first kappa shape index (κ1) is 34.5. The zero-order chi connectivity index (χ0) is 41.3. The predicted molar refractivity (Wildman–Crippen MR) is 256 cm³/mol. The molecule has 2 aliphatic heterocycles. The lowest BCUT2D eigenvalue weighted by atomic mass is 9.15. The number of nitrogens with zero attached hydrogens (tertiary/aromatic N) is 3. The molecule has 0 bridgehead atoms. The van der Waals surface area contributed by atoms with Gasteiger partial charge in [0.1, 0.15) is 5.82 Å². The molecular formula is C58H41BFN3. The largest absolute Gasteiger partial charge is 0.311 e. The minimum absolute atomic E-state index is 0.0195. The van der Waals surface area contributed by atoms with Crippen molar-refractivity contribution in [1.82, 2.24) is 0 Å². The molecule has 15 rings (SSSR count). The van der Waals surface area contributed by atoms with Crippen LogP contribution in [0.2, 0.25) is 0 Å². The quantitative estimate of drug-likeness (QED) is 0.127. The van der Waals surface area contributed by atoms with Crippen LogP contribution in [0.15, 0.2) is 194 Å². The molecule has 0 amide bonds. The van der Waals surface area contributed by atoms with Crippen molar-refractivity contribution < 1.29 is 4.39 Å². The summed E-state index contributed by atoms with van der Waals surface area (Å²) in [5.74, 6) is 1.99. The number of aryl methyl sites for hydroxylation is 1. The normalized spacial score (nSPS) is 23.9. The Morgan fingerprint density at radius 1 is 0.603 bits per heavy atom. The van der Waals surface area contributed by atoms with E-state index in [1.165, 1.54) is 74.2 Å². The molecule has 2 spiro atoms. The Morgan fingerprint density at radius 3 is 2.05 bits per heavy atom. The van der Waals surface area contributed by atoms with Gasteiger partial charge in [0.15, 0.2) is 0 Å². The molecular weight excluding hydrogens is 768 g/mol. The van der Waals surface area contributed by atoms with Crippen LogP contribution in [0.25, 0.3) is 11.1 Å². The maximum absolute atomic E-state index is 14.6. The third kappa shape index (κ3) is 3.96. The Kier molecular flexibility index (Phi) is 6.50. The second kappa shape index (κ2) is 11.9. The van der Waals surface area contributed by atoms with Gasteiger partial charge < -0.3 is 14.7 Å². The van der Waals surface area contributed by atoms with Crippen LogP contribution >= 0.6 is 0 Å². The van der Waals surface area contributed by atoms with Crippen molar-refractivity contribution in [3.05, 3.63) is 216 Å². The lowest BCUT2D eigenvalue weighted by molar-refractivity contribution is -0.255.